The van der Waals surface area contributed by atoms with Crippen LogP contribution in [0.3, 0.4) is 0 Å². The first-order chi connectivity index (χ1) is 12.0. The molecule has 0 aromatic heterocycles. The Hall–Kier alpha value is -1.26. The average Bonchev–Trinajstić information content (AvgIpc) is 3.32. The highest BCUT2D eigenvalue weighted by Crippen LogP contribution is 2.66. The van der Waals surface area contributed by atoms with Crippen molar-refractivity contribution < 1.29 is 14.9 Å². The second-order valence-corrected chi connectivity index (χ2v) is 8.99. The zero-order valence-corrected chi connectivity index (χ0v) is 14.4. The van der Waals surface area contributed by atoms with Crippen molar-refractivity contribution in [3.63, 3.8) is 0 Å². The van der Waals surface area contributed by atoms with Crippen LogP contribution in [0.4, 0.5) is 0 Å². The minimum atomic E-state index is -0.799. The van der Waals surface area contributed by atoms with E-state index in [2.05, 4.69) is 4.90 Å². The second-order valence-electron chi connectivity index (χ2n) is 8.99. The summed E-state index contributed by atoms with van der Waals surface area (Å²) in [6, 6.07) is 3.93. The molecule has 1 spiro atoms. The molecule has 2 radical (unpaired) electrons. The smallest absolute Gasteiger partial charge is 0.165 e. The Balaban J connectivity index is 1.57. The van der Waals surface area contributed by atoms with Crippen molar-refractivity contribution in [3.8, 4) is 11.5 Å². The fourth-order valence-electron chi connectivity index (χ4n) is 6.52. The average molecular weight is 339 g/mol. The van der Waals surface area contributed by atoms with Crippen LogP contribution < -0.4 is 4.74 Å². The van der Waals surface area contributed by atoms with Crippen LogP contribution in [-0.4, -0.2) is 45.9 Å². The molecule has 2 bridgehead atoms. The molecule has 2 N–H and O–H groups in total. The summed E-state index contributed by atoms with van der Waals surface area (Å²) in [7, 11) is 0. The van der Waals surface area contributed by atoms with Crippen LogP contribution in [0.25, 0.3) is 0 Å². The highest BCUT2D eigenvalue weighted by molar-refractivity contribution is 5.62. The summed E-state index contributed by atoms with van der Waals surface area (Å²) in [5.41, 5.74) is 1.06. The Labute approximate surface area is 148 Å². The Bertz CT molecular complexity index is 760. The van der Waals surface area contributed by atoms with E-state index in [1.165, 1.54) is 18.4 Å². The highest BCUT2D eigenvalue weighted by Gasteiger charge is 2.72. The molecule has 3 aliphatic carbocycles. The number of phenolic OH excluding ortho intramolecular Hbond substituents is 1. The lowest BCUT2D eigenvalue weighted by molar-refractivity contribution is -0.193. The van der Waals surface area contributed by atoms with Gasteiger partial charge in [-0.1, -0.05) is 6.07 Å². The van der Waals surface area contributed by atoms with E-state index >= 15 is 0 Å². The van der Waals surface area contributed by atoms with Gasteiger partial charge in [-0.25, -0.2) is 0 Å². The van der Waals surface area contributed by atoms with Gasteiger partial charge in [-0.3, -0.25) is 4.90 Å². The predicted octanol–water partition coefficient (Wildman–Crippen LogP) is 2.28. The number of piperidine rings is 1. The lowest BCUT2D eigenvalue weighted by Gasteiger charge is -2.64. The summed E-state index contributed by atoms with van der Waals surface area (Å²) in [5.74, 6) is 1.51. The molecule has 5 aliphatic rings. The summed E-state index contributed by atoms with van der Waals surface area (Å²) in [6.45, 7) is 8.57. The van der Waals surface area contributed by atoms with Crippen molar-refractivity contribution in [1.29, 1.82) is 0 Å². The van der Waals surface area contributed by atoms with Crippen molar-refractivity contribution in [2.45, 2.75) is 61.7 Å². The molecule has 1 aromatic carbocycles. The van der Waals surface area contributed by atoms with Crippen molar-refractivity contribution >= 4 is 0 Å². The molecule has 2 heterocycles. The highest BCUT2D eigenvalue weighted by atomic mass is 16.5. The topological polar surface area (TPSA) is 52.9 Å². The first-order valence-corrected chi connectivity index (χ1v) is 9.78. The SMILES string of the molecule is [CH]C1CCC2(O)[C@H]3Cc4ccc(O)c5c4[C@@]2(CCN3CC2CC2)C1O5. The normalized spacial score (nSPS) is 44.3. The van der Waals surface area contributed by atoms with E-state index in [4.69, 9.17) is 11.7 Å². The third-order valence-electron chi connectivity index (χ3n) is 7.81. The van der Waals surface area contributed by atoms with E-state index in [1.54, 1.807) is 6.07 Å². The fraction of sp³-hybridized carbons (Fsp3) is 0.667. The number of hydrogen-bond donors (Lipinski definition) is 2. The molecule has 3 fully saturated rings. The van der Waals surface area contributed by atoms with Gasteiger partial charge >= 0.3 is 0 Å². The number of phenols is 1. The maximum atomic E-state index is 12.1. The van der Waals surface area contributed by atoms with Gasteiger partial charge in [0.25, 0.3) is 0 Å². The molecule has 4 heteroatoms. The summed E-state index contributed by atoms with van der Waals surface area (Å²) in [6.07, 6.45) is 5.66. The molecule has 2 saturated carbocycles. The predicted molar refractivity (Wildman–Crippen MR) is 92.6 cm³/mol. The lowest BCUT2D eigenvalue weighted by Crippen LogP contribution is -2.76. The number of nitrogens with zero attached hydrogens (tertiary/aromatic N) is 1. The van der Waals surface area contributed by atoms with Gasteiger partial charge in [0.1, 0.15) is 6.10 Å². The molecule has 132 valence electrons. The summed E-state index contributed by atoms with van der Waals surface area (Å²) >= 11 is 0. The number of ether oxygens (including phenoxy) is 1. The van der Waals surface area contributed by atoms with Crippen LogP contribution in [-0.2, 0) is 11.8 Å². The largest absolute Gasteiger partial charge is 0.504 e. The lowest BCUT2D eigenvalue weighted by atomic mass is 9.47. The maximum Gasteiger partial charge on any atom is 0.165 e. The molecule has 3 unspecified atom stereocenters. The van der Waals surface area contributed by atoms with Gasteiger partial charge < -0.3 is 14.9 Å². The summed E-state index contributed by atoms with van der Waals surface area (Å²) in [5, 5.41) is 22.5. The summed E-state index contributed by atoms with van der Waals surface area (Å²) in [4.78, 5) is 2.55. The van der Waals surface area contributed by atoms with E-state index in [0.717, 1.165) is 50.3 Å². The zero-order chi connectivity index (χ0) is 17.0. The second kappa shape index (κ2) is 4.52. The molecule has 4 nitrogen and oxygen atoms in total. The van der Waals surface area contributed by atoms with Crippen molar-refractivity contribution in [1.82, 2.24) is 4.90 Å². The van der Waals surface area contributed by atoms with Crippen LogP contribution >= 0.6 is 0 Å². The number of hydrogen-bond acceptors (Lipinski definition) is 4. The van der Waals surface area contributed by atoms with Crippen LogP contribution in [0.2, 0.25) is 0 Å². The molecule has 1 aromatic rings. The van der Waals surface area contributed by atoms with Crippen molar-refractivity contribution in [3.05, 3.63) is 30.2 Å². The molecule has 2 aliphatic heterocycles. The maximum absolute atomic E-state index is 12.1. The number of aliphatic hydroxyl groups is 1. The van der Waals surface area contributed by atoms with Gasteiger partial charge in [0.15, 0.2) is 11.5 Å². The fourth-order valence-corrected chi connectivity index (χ4v) is 6.52. The van der Waals surface area contributed by atoms with Crippen LogP contribution in [0.1, 0.15) is 43.2 Å². The van der Waals surface area contributed by atoms with E-state index in [0.29, 0.717) is 5.75 Å². The van der Waals surface area contributed by atoms with Gasteiger partial charge in [0.05, 0.1) is 11.0 Å². The van der Waals surface area contributed by atoms with Crippen LogP contribution in [0.15, 0.2) is 12.1 Å². The third kappa shape index (κ3) is 1.62. The molecule has 0 amide bonds. The van der Waals surface area contributed by atoms with Gasteiger partial charge in [-0.05, 0) is 69.5 Å². The Morgan fingerprint density at radius 3 is 2.88 bits per heavy atom. The molecular weight excluding hydrogens is 314 g/mol. The Morgan fingerprint density at radius 1 is 1.24 bits per heavy atom. The van der Waals surface area contributed by atoms with Crippen molar-refractivity contribution in [2.24, 2.45) is 11.8 Å². The summed E-state index contributed by atoms with van der Waals surface area (Å²) < 4.78 is 6.26. The van der Waals surface area contributed by atoms with Gasteiger partial charge in [-0.2, -0.15) is 0 Å². The number of benzene rings is 1. The number of rotatable bonds is 2. The quantitative estimate of drug-likeness (QED) is 0.868. The monoisotopic (exact) mass is 339 g/mol. The van der Waals surface area contributed by atoms with Gasteiger partial charge in [0, 0.05) is 24.1 Å². The molecule has 5 atom stereocenters. The first-order valence-electron chi connectivity index (χ1n) is 9.78. The van der Waals surface area contributed by atoms with Crippen molar-refractivity contribution in [2.75, 3.05) is 13.1 Å². The van der Waals surface area contributed by atoms with E-state index in [-0.39, 0.29) is 23.8 Å². The van der Waals surface area contributed by atoms with Crippen LogP contribution in [0, 0.1) is 18.8 Å². The minimum Gasteiger partial charge on any atom is -0.504 e. The first kappa shape index (κ1) is 14.9. The minimum absolute atomic E-state index is 0.0892. The Morgan fingerprint density at radius 2 is 2.08 bits per heavy atom. The van der Waals surface area contributed by atoms with Gasteiger partial charge in [0.2, 0.25) is 0 Å². The molecular formula is C21H25NO3. The Kier molecular flexibility index (Phi) is 2.69. The molecule has 25 heavy (non-hydrogen) atoms. The molecule has 6 rings (SSSR count). The standard InChI is InChI=1S/C21H25NO3/c1-12-6-7-21(24)16-10-14-4-5-15(23)18-17(14)20(21,19(12)25-18)8-9-22(16)11-13-2-3-13/h1,4-5,12-13,16,19,23-24H,2-3,6-11H2/t12?,16-,19?,20+,21?/m1/s1. The third-order valence-corrected chi connectivity index (χ3v) is 7.81. The molecule has 1 saturated heterocycles. The van der Waals surface area contributed by atoms with E-state index < -0.39 is 11.0 Å². The number of aromatic hydroxyl groups is 1. The van der Waals surface area contributed by atoms with Crippen LogP contribution in [0.5, 0.6) is 11.5 Å². The zero-order valence-electron chi connectivity index (χ0n) is 14.4. The van der Waals surface area contributed by atoms with E-state index in [9.17, 15) is 10.2 Å². The van der Waals surface area contributed by atoms with E-state index in [1.807, 2.05) is 6.07 Å². The van der Waals surface area contributed by atoms with Gasteiger partial charge in [-0.15, -0.1) is 0 Å². The number of likely N-dealkylation sites (tertiary alicyclic amines) is 1.